The van der Waals surface area contributed by atoms with Crippen molar-refractivity contribution in [3.05, 3.63) is 47.3 Å². The van der Waals surface area contributed by atoms with Crippen LogP contribution >= 0.6 is 0 Å². The minimum atomic E-state index is -0.156. The van der Waals surface area contributed by atoms with Crippen molar-refractivity contribution in [3.63, 3.8) is 0 Å². The lowest BCUT2D eigenvalue weighted by molar-refractivity contribution is 0.629. The molecular formula is C13H13F. The molecule has 2 rings (SSSR count). The normalized spacial score (nSPS) is 10.8. The van der Waals surface area contributed by atoms with E-state index in [4.69, 9.17) is 0 Å². The quantitative estimate of drug-likeness (QED) is 0.637. The second-order valence-corrected chi connectivity index (χ2v) is 3.64. The standard InChI is InChI=1S/C13H13F/c1-3-10-6-9(2)7-11-4-5-12(14)8-13(10)11/h4-8H,3H2,1-2H3. The van der Waals surface area contributed by atoms with Crippen LogP contribution in [0.5, 0.6) is 0 Å². The summed E-state index contributed by atoms with van der Waals surface area (Å²) in [5.41, 5.74) is 2.46. The minimum absolute atomic E-state index is 0.156. The zero-order valence-electron chi connectivity index (χ0n) is 8.47. The molecule has 2 aromatic carbocycles. The topological polar surface area (TPSA) is 0 Å². The monoisotopic (exact) mass is 188 g/mol. The van der Waals surface area contributed by atoms with Gasteiger partial charge in [-0.3, -0.25) is 0 Å². The van der Waals surface area contributed by atoms with Crippen LogP contribution in [-0.2, 0) is 6.42 Å². The fourth-order valence-electron chi connectivity index (χ4n) is 1.86. The molecule has 0 radical (unpaired) electrons. The molecule has 0 bridgehead atoms. The van der Waals surface area contributed by atoms with E-state index in [-0.39, 0.29) is 5.82 Å². The van der Waals surface area contributed by atoms with Crippen LogP contribution in [0.2, 0.25) is 0 Å². The summed E-state index contributed by atoms with van der Waals surface area (Å²) in [6.07, 6.45) is 0.946. The van der Waals surface area contributed by atoms with E-state index in [2.05, 4.69) is 26.0 Å². The highest BCUT2D eigenvalue weighted by molar-refractivity contribution is 5.86. The minimum Gasteiger partial charge on any atom is -0.207 e. The number of halogens is 1. The zero-order valence-corrected chi connectivity index (χ0v) is 8.47. The molecule has 0 saturated heterocycles. The third-order valence-corrected chi connectivity index (χ3v) is 2.53. The van der Waals surface area contributed by atoms with Crippen molar-refractivity contribution < 1.29 is 4.39 Å². The van der Waals surface area contributed by atoms with Crippen molar-refractivity contribution in [1.29, 1.82) is 0 Å². The van der Waals surface area contributed by atoms with Gasteiger partial charge in [0.05, 0.1) is 0 Å². The number of hydrogen-bond donors (Lipinski definition) is 0. The molecule has 2 aromatic rings. The van der Waals surface area contributed by atoms with Crippen LogP contribution in [0.1, 0.15) is 18.1 Å². The van der Waals surface area contributed by atoms with Crippen molar-refractivity contribution in [2.45, 2.75) is 20.3 Å². The van der Waals surface area contributed by atoms with E-state index in [0.717, 1.165) is 17.2 Å². The lowest BCUT2D eigenvalue weighted by Gasteiger charge is -2.06. The molecule has 0 N–H and O–H groups in total. The fourth-order valence-corrected chi connectivity index (χ4v) is 1.86. The fraction of sp³-hybridized carbons (Fsp3) is 0.231. The van der Waals surface area contributed by atoms with Crippen molar-refractivity contribution >= 4 is 10.8 Å². The van der Waals surface area contributed by atoms with Gasteiger partial charge >= 0.3 is 0 Å². The molecule has 0 atom stereocenters. The Kier molecular flexibility index (Phi) is 2.24. The highest BCUT2D eigenvalue weighted by Crippen LogP contribution is 2.22. The molecule has 0 saturated carbocycles. The van der Waals surface area contributed by atoms with E-state index in [1.165, 1.54) is 17.2 Å². The molecule has 0 aliphatic rings. The smallest absolute Gasteiger partial charge is 0.123 e. The van der Waals surface area contributed by atoms with Gasteiger partial charge in [0.1, 0.15) is 5.82 Å². The van der Waals surface area contributed by atoms with Crippen LogP contribution in [0.4, 0.5) is 4.39 Å². The molecule has 0 nitrogen and oxygen atoms in total. The van der Waals surface area contributed by atoms with Crippen molar-refractivity contribution in [2.24, 2.45) is 0 Å². The summed E-state index contributed by atoms with van der Waals surface area (Å²) in [4.78, 5) is 0. The van der Waals surface area contributed by atoms with Crippen LogP contribution in [0.15, 0.2) is 30.3 Å². The maximum atomic E-state index is 13.1. The van der Waals surface area contributed by atoms with Crippen molar-refractivity contribution in [2.75, 3.05) is 0 Å². The lowest BCUT2D eigenvalue weighted by atomic mass is 10.00. The molecule has 0 spiro atoms. The van der Waals surface area contributed by atoms with E-state index in [9.17, 15) is 4.39 Å². The second-order valence-electron chi connectivity index (χ2n) is 3.64. The molecule has 14 heavy (non-hydrogen) atoms. The van der Waals surface area contributed by atoms with Gasteiger partial charge in [-0.25, -0.2) is 4.39 Å². The van der Waals surface area contributed by atoms with Gasteiger partial charge in [0.2, 0.25) is 0 Å². The Labute approximate surface area is 83.4 Å². The third-order valence-electron chi connectivity index (χ3n) is 2.53. The average molecular weight is 188 g/mol. The maximum absolute atomic E-state index is 13.1. The molecule has 0 aromatic heterocycles. The first kappa shape index (κ1) is 9.20. The van der Waals surface area contributed by atoms with Crippen LogP contribution in [0, 0.1) is 12.7 Å². The summed E-state index contributed by atoms with van der Waals surface area (Å²) in [7, 11) is 0. The molecule has 72 valence electrons. The lowest BCUT2D eigenvalue weighted by Crippen LogP contribution is -1.87. The SMILES string of the molecule is CCc1cc(C)cc2ccc(F)cc12. The summed E-state index contributed by atoms with van der Waals surface area (Å²) in [6, 6.07) is 9.20. The molecule has 0 unspecified atom stereocenters. The Morgan fingerprint density at radius 2 is 1.93 bits per heavy atom. The molecule has 0 aliphatic heterocycles. The van der Waals surface area contributed by atoms with Crippen LogP contribution < -0.4 is 0 Å². The Bertz CT molecular complexity index is 472. The van der Waals surface area contributed by atoms with Gasteiger partial charge in [-0.1, -0.05) is 30.7 Å². The molecule has 0 fully saturated rings. The number of benzene rings is 2. The van der Waals surface area contributed by atoms with Gasteiger partial charge < -0.3 is 0 Å². The molecule has 0 amide bonds. The van der Waals surface area contributed by atoms with Gasteiger partial charge in [-0.05, 0) is 41.8 Å². The Hall–Kier alpha value is -1.37. The third kappa shape index (κ3) is 1.50. The van der Waals surface area contributed by atoms with Gasteiger partial charge in [0.25, 0.3) is 0 Å². The first-order valence-corrected chi connectivity index (χ1v) is 4.89. The highest BCUT2D eigenvalue weighted by atomic mass is 19.1. The number of hydrogen-bond acceptors (Lipinski definition) is 0. The summed E-state index contributed by atoms with van der Waals surface area (Å²) in [5.74, 6) is -0.156. The van der Waals surface area contributed by atoms with E-state index < -0.39 is 0 Å². The molecule has 1 heteroatoms. The van der Waals surface area contributed by atoms with Crippen molar-refractivity contribution in [1.82, 2.24) is 0 Å². The summed E-state index contributed by atoms with van der Waals surface area (Å²) >= 11 is 0. The second kappa shape index (κ2) is 3.41. The first-order chi connectivity index (χ1) is 6.70. The summed E-state index contributed by atoms with van der Waals surface area (Å²) in [6.45, 7) is 4.17. The number of fused-ring (bicyclic) bond motifs is 1. The van der Waals surface area contributed by atoms with E-state index in [1.54, 1.807) is 6.07 Å². The van der Waals surface area contributed by atoms with Gasteiger partial charge in [-0.15, -0.1) is 0 Å². The van der Waals surface area contributed by atoms with Crippen LogP contribution in [0.25, 0.3) is 10.8 Å². The molecule has 0 heterocycles. The number of rotatable bonds is 1. The van der Waals surface area contributed by atoms with E-state index >= 15 is 0 Å². The Balaban J connectivity index is 2.81. The predicted molar refractivity (Wildman–Crippen MR) is 58.0 cm³/mol. The van der Waals surface area contributed by atoms with E-state index in [1.807, 2.05) is 6.07 Å². The Morgan fingerprint density at radius 3 is 2.64 bits per heavy atom. The zero-order chi connectivity index (χ0) is 10.1. The van der Waals surface area contributed by atoms with Crippen LogP contribution in [-0.4, -0.2) is 0 Å². The number of aryl methyl sites for hydroxylation is 2. The predicted octanol–water partition coefficient (Wildman–Crippen LogP) is 3.85. The summed E-state index contributed by atoms with van der Waals surface area (Å²) in [5, 5.41) is 2.17. The Morgan fingerprint density at radius 1 is 1.14 bits per heavy atom. The van der Waals surface area contributed by atoms with Gasteiger partial charge in [-0.2, -0.15) is 0 Å². The highest BCUT2D eigenvalue weighted by Gasteiger charge is 2.01. The van der Waals surface area contributed by atoms with Crippen LogP contribution in [0.3, 0.4) is 0 Å². The first-order valence-electron chi connectivity index (χ1n) is 4.89. The van der Waals surface area contributed by atoms with Crippen molar-refractivity contribution in [3.8, 4) is 0 Å². The summed E-state index contributed by atoms with van der Waals surface area (Å²) < 4.78 is 13.1. The molecular weight excluding hydrogens is 175 g/mol. The molecule has 0 aliphatic carbocycles. The average Bonchev–Trinajstić information content (AvgIpc) is 2.17. The van der Waals surface area contributed by atoms with Gasteiger partial charge in [0.15, 0.2) is 0 Å². The maximum Gasteiger partial charge on any atom is 0.123 e. The van der Waals surface area contributed by atoms with E-state index in [0.29, 0.717) is 0 Å². The van der Waals surface area contributed by atoms with Gasteiger partial charge in [0, 0.05) is 0 Å². The largest absolute Gasteiger partial charge is 0.207 e.